The average molecular weight is 284 g/mol. The molecule has 0 saturated heterocycles. The maximum absolute atomic E-state index is 3.49. The number of halogens is 1. The number of benzene rings is 1. The van der Waals surface area contributed by atoms with Gasteiger partial charge in [-0.2, -0.15) is 11.8 Å². The van der Waals surface area contributed by atoms with E-state index in [1.165, 1.54) is 22.4 Å². The Bertz CT molecular complexity index is 450. The Labute approximate surface area is 103 Å². The quantitative estimate of drug-likeness (QED) is 0.763. The van der Waals surface area contributed by atoms with Crippen LogP contribution in [0.25, 0.3) is 10.9 Å². The van der Waals surface area contributed by atoms with Gasteiger partial charge in [-0.05, 0) is 30.0 Å². The summed E-state index contributed by atoms with van der Waals surface area (Å²) in [6.45, 7) is 3.30. The van der Waals surface area contributed by atoms with Crippen LogP contribution in [0.15, 0.2) is 34.9 Å². The van der Waals surface area contributed by atoms with E-state index in [0.717, 1.165) is 11.0 Å². The standard InChI is InChI=1S/C12H14BrNS/c1-2-15-8-7-14-6-5-10-9-11(13)3-4-12(10)14/h3-6,9H,2,7-8H2,1H3. The Hall–Kier alpha value is -0.410. The third-order valence-corrected chi connectivity index (χ3v) is 3.79. The van der Waals surface area contributed by atoms with Gasteiger partial charge in [0.2, 0.25) is 0 Å². The van der Waals surface area contributed by atoms with Crippen LogP contribution in [-0.4, -0.2) is 16.1 Å². The highest BCUT2D eigenvalue weighted by Gasteiger charge is 2.00. The lowest BCUT2D eigenvalue weighted by molar-refractivity contribution is 0.807. The van der Waals surface area contributed by atoms with Crippen molar-refractivity contribution >= 4 is 38.6 Å². The van der Waals surface area contributed by atoms with Gasteiger partial charge in [-0.3, -0.25) is 0 Å². The van der Waals surface area contributed by atoms with Crippen LogP contribution in [0.4, 0.5) is 0 Å². The van der Waals surface area contributed by atoms with Crippen LogP contribution in [0.5, 0.6) is 0 Å². The molecule has 2 aromatic rings. The molecule has 0 aliphatic rings. The molecule has 0 bridgehead atoms. The summed E-state index contributed by atoms with van der Waals surface area (Å²) in [5, 5.41) is 1.31. The molecule has 2 rings (SSSR count). The lowest BCUT2D eigenvalue weighted by Crippen LogP contribution is -1.98. The number of aromatic nitrogens is 1. The first-order valence-corrected chi connectivity index (χ1v) is 7.08. The molecule has 0 aliphatic heterocycles. The van der Waals surface area contributed by atoms with Crippen molar-refractivity contribution in [3.63, 3.8) is 0 Å². The Kier molecular flexibility index (Phi) is 3.76. The summed E-state index contributed by atoms with van der Waals surface area (Å²) in [4.78, 5) is 0. The third-order valence-electron chi connectivity index (χ3n) is 2.41. The molecule has 1 aromatic carbocycles. The van der Waals surface area contributed by atoms with Crippen molar-refractivity contribution in [2.24, 2.45) is 0 Å². The largest absolute Gasteiger partial charge is 0.347 e. The molecule has 0 N–H and O–H groups in total. The number of hydrogen-bond acceptors (Lipinski definition) is 1. The molecule has 15 heavy (non-hydrogen) atoms. The minimum Gasteiger partial charge on any atom is -0.347 e. The fourth-order valence-corrected chi connectivity index (χ4v) is 2.67. The van der Waals surface area contributed by atoms with E-state index in [2.05, 4.69) is 57.9 Å². The maximum atomic E-state index is 3.49. The molecule has 0 fully saturated rings. The second-order valence-corrected chi connectivity index (χ2v) is 5.72. The Balaban J connectivity index is 2.21. The topological polar surface area (TPSA) is 4.93 Å². The van der Waals surface area contributed by atoms with Gasteiger partial charge in [-0.15, -0.1) is 0 Å². The van der Waals surface area contributed by atoms with E-state index in [9.17, 15) is 0 Å². The summed E-state index contributed by atoms with van der Waals surface area (Å²) in [6, 6.07) is 8.62. The number of aryl methyl sites for hydroxylation is 1. The number of hydrogen-bond donors (Lipinski definition) is 0. The molecule has 0 amide bonds. The van der Waals surface area contributed by atoms with Crippen molar-refractivity contribution in [1.29, 1.82) is 0 Å². The van der Waals surface area contributed by atoms with Crippen molar-refractivity contribution in [2.45, 2.75) is 13.5 Å². The number of rotatable bonds is 4. The highest BCUT2D eigenvalue weighted by molar-refractivity contribution is 9.10. The summed E-state index contributed by atoms with van der Waals surface area (Å²) in [6.07, 6.45) is 2.17. The smallest absolute Gasteiger partial charge is 0.0481 e. The zero-order valence-corrected chi connectivity index (χ0v) is 11.1. The normalized spacial score (nSPS) is 11.1. The van der Waals surface area contributed by atoms with Gasteiger partial charge >= 0.3 is 0 Å². The van der Waals surface area contributed by atoms with E-state index in [0.29, 0.717) is 0 Å². The lowest BCUT2D eigenvalue weighted by atomic mass is 10.2. The first kappa shape index (κ1) is 11.1. The van der Waals surface area contributed by atoms with Crippen LogP contribution in [-0.2, 0) is 6.54 Å². The van der Waals surface area contributed by atoms with Gasteiger partial charge in [0, 0.05) is 33.9 Å². The highest BCUT2D eigenvalue weighted by atomic mass is 79.9. The van der Waals surface area contributed by atoms with Crippen LogP contribution < -0.4 is 0 Å². The van der Waals surface area contributed by atoms with E-state index in [1.807, 2.05) is 11.8 Å². The van der Waals surface area contributed by atoms with Crippen LogP contribution in [0.3, 0.4) is 0 Å². The molecule has 0 saturated carbocycles. The fraction of sp³-hybridized carbons (Fsp3) is 0.333. The van der Waals surface area contributed by atoms with E-state index in [1.54, 1.807) is 0 Å². The summed E-state index contributed by atoms with van der Waals surface area (Å²) in [5.74, 6) is 2.39. The molecule has 0 spiro atoms. The van der Waals surface area contributed by atoms with Crippen LogP contribution in [0.1, 0.15) is 6.92 Å². The minimum absolute atomic E-state index is 1.10. The van der Waals surface area contributed by atoms with Gasteiger partial charge in [0.1, 0.15) is 0 Å². The Morgan fingerprint density at radius 2 is 2.20 bits per heavy atom. The van der Waals surface area contributed by atoms with Gasteiger partial charge in [-0.25, -0.2) is 0 Å². The molecule has 1 heterocycles. The van der Waals surface area contributed by atoms with Crippen molar-refractivity contribution in [3.8, 4) is 0 Å². The predicted molar refractivity (Wildman–Crippen MR) is 72.6 cm³/mol. The molecular formula is C12H14BrNS. The van der Waals surface area contributed by atoms with Gasteiger partial charge in [0.05, 0.1) is 0 Å². The van der Waals surface area contributed by atoms with E-state index < -0.39 is 0 Å². The molecule has 0 aliphatic carbocycles. The SMILES string of the molecule is CCSCCn1ccc2cc(Br)ccc21. The number of nitrogens with zero attached hydrogens (tertiary/aromatic N) is 1. The summed E-state index contributed by atoms with van der Waals surface area (Å²) in [7, 11) is 0. The predicted octanol–water partition coefficient (Wildman–Crippen LogP) is 4.16. The van der Waals surface area contributed by atoms with Crippen molar-refractivity contribution in [3.05, 3.63) is 34.9 Å². The zero-order valence-electron chi connectivity index (χ0n) is 8.74. The molecule has 3 heteroatoms. The fourth-order valence-electron chi connectivity index (χ4n) is 1.67. The minimum atomic E-state index is 1.10. The summed E-state index contributed by atoms with van der Waals surface area (Å²) >= 11 is 5.48. The van der Waals surface area contributed by atoms with Crippen molar-refractivity contribution < 1.29 is 0 Å². The van der Waals surface area contributed by atoms with Crippen LogP contribution in [0.2, 0.25) is 0 Å². The average Bonchev–Trinajstić information content (AvgIpc) is 2.61. The molecule has 80 valence electrons. The van der Waals surface area contributed by atoms with Gasteiger partial charge in [0.15, 0.2) is 0 Å². The zero-order chi connectivity index (χ0) is 10.7. The van der Waals surface area contributed by atoms with E-state index >= 15 is 0 Å². The first-order chi connectivity index (χ1) is 7.31. The summed E-state index contributed by atoms with van der Waals surface area (Å²) < 4.78 is 3.47. The molecule has 0 radical (unpaired) electrons. The number of thioether (sulfide) groups is 1. The first-order valence-electron chi connectivity index (χ1n) is 5.13. The Morgan fingerprint density at radius 3 is 3.00 bits per heavy atom. The maximum Gasteiger partial charge on any atom is 0.0481 e. The molecule has 1 nitrogen and oxygen atoms in total. The van der Waals surface area contributed by atoms with Crippen molar-refractivity contribution in [1.82, 2.24) is 4.57 Å². The van der Waals surface area contributed by atoms with Crippen molar-refractivity contribution in [2.75, 3.05) is 11.5 Å². The molecule has 1 aromatic heterocycles. The second kappa shape index (κ2) is 5.08. The van der Waals surface area contributed by atoms with Gasteiger partial charge in [-0.1, -0.05) is 22.9 Å². The van der Waals surface area contributed by atoms with Gasteiger partial charge < -0.3 is 4.57 Å². The van der Waals surface area contributed by atoms with Crippen LogP contribution in [0, 0.1) is 0 Å². The third kappa shape index (κ3) is 2.58. The second-order valence-electron chi connectivity index (χ2n) is 3.41. The number of fused-ring (bicyclic) bond motifs is 1. The lowest BCUT2D eigenvalue weighted by Gasteiger charge is -2.04. The van der Waals surface area contributed by atoms with Crippen LogP contribution >= 0.6 is 27.7 Å². The summed E-state index contributed by atoms with van der Waals surface area (Å²) in [5.41, 5.74) is 1.33. The highest BCUT2D eigenvalue weighted by Crippen LogP contribution is 2.21. The Morgan fingerprint density at radius 1 is 1.33 bits per heavy atom. The molecule has 0 unspecified atom stereocenters. The van der Waals surface area contributed by atoms with E-state index in [4.69, 9.17) is 0 Å². The monoisotopic (exact) mass is 283 g/mol. The van der Waals surface area contributed by atoms with Gasteiger partial charge in [0.25, 0.3) is 0 Å². The molecule has 0 atom stereocenters. The van der Waals surface area contributed by atoms with E-state index in [-0.39, 0.29) is 0 Å². The molecular weight excluding hydrogens is 270 g/mol.